The van der Waals surface area contributed by atoms with Crippen LogP contribution in [-0.2, 0) is 21.4 Å². The molecule has 2 aromatic heterocycles. The molecule has 13 nitrogen and oxygen atoms in total. The number of alkyl carbamates (subject to hydrolysis) is 1. The molecule has 4 aromatic rings. The third kappa shape index (κ3) is 7.21. The van der Waals surface area contributed by atoms with Crippen molar-refractivity contribution in [3.63, 3.8) is 0 Å². The Morgan fingerprint density at radius 2 is 1.88 bits per heavy atom. The number of hydrogen-bond acceptors (Lipinski definition) is 9. The van der Waals surface area contributed by atoms with Crippen LogP contribution in [0.25, 0.3) is 5.65 Å². The van der Waals surface area contributed by atoms with Crippen molar-refractivity contribution < 1.29 is 22.7 Å². The van der Waals surface area contributed by atoms with Crippen molar-refractivity contribution in [1.29, 1.82) is 5.26 Å². The Morgan fingerprint density at radius 3 is 2.62 bits per heavy atom. The van der Waals surface area contributed by atoms with E-state index in [1.165, 1.54) is 0 Å². The van der Waals surface area contributed by atoms with Crippen LogP contribution in [0.2, 0.25) is 0 Å². The molecule has 2 unspecified atom stereocenters. The van der Waals surface area contributed by atoms with Crippen molar-refractivity contribution in [2.75, 3.05) is 35.5 Å². The number of benzene rings is 2. The van der Waals surface area contributed by atoms with Crippen molar-refractivity contribution in [3.8, 4) is 6.07 Å². The average molecular weight is 671 g/mol. The fourth-order valence-corrected chi connectivity index (χ4v) is 7.01. The number of likely N-dealkylation sites (tertiary alicyclic amines) is 1. The number of aryl methyl sites for hydroxylation is 2. The second-order valence-electron chi connectivity index (χ2n) is 12.5. The summed E-state index contributed by atoms with van der Waals surface area (Å²) in [6, 6.07) is 17.9. The van der Waals surface area contributed by atoms with Crippen LogP contribution in [0.15, 0.2) is 60.8 Å². The molecule has 0 radical (unpaired) electrons. The van der Waals surface area contributed by atoms with Crippen LogP contribution in [0.4, 0.5) is 16.3 Å². The zero-order valence-corrected chi connectivity index (χ0v) is 27.9. The van der Waals surface area contributed by atoms with Crippen LogP contribution in [0, 0.1) is 31.1 Å². The minimum Gasteiger partial charge on any atom is -0.445 e. The summed E-state index contributed by atoms with van der Waals surface area (Å²) in [5.74, 6) is -0.0430. The molecule has 2 saturated heterocycles. The molecule has 4 heterocycles. The maximum absolute atomic E-state index is 14.0. The van der Waals surface area contributed by atoms with Crippen molar-refractivity contribution in [3.05, 3.63) is 88.7 Å². The summed E-state index contributed by atoms with van der Waals surface area (Å²) >= 11 is 0. The minimum absolute atomic E-state index is 0.134. The van der Waals surface area contributed by atoms with E-state index in [0.29, 0.717) is 48.8 Å². The molecule has 2 fully saturated rings. The summed E-state index contributed by atoms with van der Waals surface area (Å²) in [6.07, 6.45) is 4.79. The van der Waals surface area contributed by atoms with Crippen molar-refractivity contribution in [1.82, 2.24) is 24.8 Å². The van der Waals surface area contributed by atoms with Gasteiger partial charge in [-0.1, -0.05) is 42.0 Å². The number of aromatic nitrogens is 3. The fraction of sp³-hybridized carbons (Fsp3) is 0.382. The molecule has 2 amide bonds. The number of piperidine rings is 1. The first-order valence-electron chi connectivity index (χ1n) is 15.9. The number of carbonyl (C=O) groups is 2. The second kappa shape index (κ2) is 13.5. The van der Waals surface area contributed by atoms with Gasteiger partial charge in [-0.2, -0.15) is 10.4 Å². The Kier molecular flexibility index (Phi) is 9.23. The number of carbonyl (C=O) groups excluding carboxylic acids is 2. The van der Waals surface area contributed by atoms with Gasteiger partial charge in [-0.3, -0.25) is 9.52 Å². The van der Waals surface area contributed by atoms with E-state index < -0.39 is 28.1 Å². The number of nitrogens with zero attached hydrogens (tertiary/aromatic N) is 6. The normalized spacial score (nSPS) is 19.6. The summed E-state index contributed by atoms with van der Waals surface area (Å²) in [4.78, 5) is 35.3. The van der Waals surface area contributed by atoms with Crippen LogP contribution < -0.4 is 14.9 Å². The van der Waals surface area contributed by atoms with E-state index in [4.69, 9.17) is 14.8 Å². The van der Waals surface area contributed by atoms with E-state index in [0.717, 1.165) is 35.8 Å². The SMILES string of the molecule is Cc1ccc(NS(C)(=O)=O)c(C(=O)N2CCCC[C@H]2c2cc3nc(N4CC(C#N)C(NC(=O)OCc5ccccc5)C4)c(C)cn3n2)c1. The molecule has 2 aliphatic heterocycles. The Balaban J connectivity index is 1.21. The maximum Gasteiger partial charge on any atom is 0.407 e. The molecule has 0 aliphatic carbocycles. The molecule has 2 aromatic carbocycles. The average Bonchev–Trinajstić information content (AvgIpc) is 3.67. The van der Waals surface area contributed by atoms with E-state index in [9.17, 15) is 23.3 Å². The van der Waals surface area contributed by atoms with E-state index in [1.807, 2.05) is 61.3 Å². The van der Waals surface area contributed by atoms with Crippen LogP contribution in [0.3, 0.4) is 0 Å². The van der Waals surface area contributed by atoms with Crippen molar-refractivity contribution >= 4 is 39.2 Å². The molecule has 2 N–H and O–H groups in total. The highest BCUT2D eigenvalue weighted by Crippen LogP contribution is 2.34. The van der Waals surface area contributed by atoms with E-state index in [-0.39, 0.29) is 24.2 Å². The lowest BCUT2D eigenvalue weighted by molar-refractivity contribution is 0.0606. The number of ether oxygens (including phenoxy) is 1. The Labute approximate surface area is 279 Å². The van der Waals surface area contributed by atoms with Gasteiger partial charge in [-0.25, -0.2) is 22.7 Å². The second-order valence-corrected chi connectivity index (χ2v) is 14.3. The summed E-state index contributed by atoms with van der Waals surface area (Å²) < 4.78 is 33.7. The van der Waals surface area contributed by atoms with Crippen LogP contribution in [0.5, 0.6) is 0 Å². The fourth-order valence-electron chi connectivity index (χ4n) is 6.43. The molecule has 6 rings (SSSR count). The van der Waals surface area contributed by atoms with Crippen LogP contribution in [-0.4, -0.2) is 71.8 Å². The number of sulfonamides is 1. The molecule has 2 aliphatic rings. The van der Waals surface area contributed by atoms with Crippen molar-refractivity contribution in [2.24, 2.45) is 5.92 Å². The first kappa shape index (κ1) is 32.8. The van der Waals surface area contributed by atoms with Gasteiger partial charge in [0.25, 0.3) is 5.91 Å². The van der Waals surface area contributed by atoms with E-state index >= 15 is 0 Å². The van der Waals surface area contributed by atoms with Gasteiger partial charge in [0.05, 0.1) is 47.3 Å². The topological polar surface area (TPSA) is 162 Å². The molecular weight excluding hydrogens is 632 g/mol. The predicted octanol–water partition coefficient (Wildman–Crippen LogP) is 4.34. The quantitative estimate of drug-likeness (QED) is 0.278. The summed E-state index contributed by atoms with van der Waals surface area (Å²) in [5, 5.41) is 17.6. The molecule has 0 bridgehead atoms. The predicted molar refractivity (Wildman–Crippen MR) is 180 cm³/mol. The highest BCUT2D eigenvalue weighted by atomic mass is 32.2. The molecule has 3 atom stereocenters. The monoisotopic (exact) mass is 670 g/mol. The van der Waals surface area contributed by atoms with Gasteiger partial charge in [0.15, 0.2) is 5.65 Å². The lowest BCUT2D eigenvalue weighted by Crippen LogP contribution is -2.40. The number of nitrogens with one attached hydrogen (secondary N) is 2. The van der Waals surface area contributed by atoms with Gasteiger partial charge in [0, 0.05) is 37.5 Å². The van der Waals surface area contributed by atoms with E-state index in [2.05, 4.69) is 16.1 Å². The molecule has 48 heavy (non-hydrogen) atoms. The number of nitriles is 1. The number of rotatable bonds is 8. The highest BCUT2D eigenvalue weighted by Gasteiger charge is 2.36. The molecule has 250 valence electrons. The van der Waals surface area contributed by atoms with Gasteiger partial charge in [0.2, 0.25) is 10.0 Å². The van der Waals surface area contributed by atoms with Crippen molar-refractivity contribution in [2.45, 2.75) is 51.8 Å². The highest BCUT2D eigenvalue weighted by molar-refractivity contribution is 7.92. The lowest BCUT2D eigenvalue weighted by Gasteiger charge is -2.35. The maximum atomic E-state index is 14.0. The number of hydrogen-bond donors (Lipinski definition) is 2. The Hall–Kier alpha value is -5.16. The zero-order valence-electron chi connectivity index (χ0n) is 27.1. The van der Waals surface area contributed by atoms with Gasteiger partial charge in [0.1, 0.15) is 12.4 Å². The Bertz CT molecular complexity index is 1990. The lowest BCUT2D eigenvalue weighted by atomic mass is 9.97. The third-order valence-corrected chi connectivity index (χ3v) is 9.32. The largest absolute Gasteiger partial charge is 0.445 e. The van der Waals surface area contributed by atoms with Gasteiger partial charge in [-0.15, -0.1) is 0 Å². The molecule has 14 heteroatoms. The van der Waals surface area contributed by atoms with Gasteiger partial charge in [-0.05, 0) is 50.8 Å². The molecular formula is C34H38N8O5S. The first-order chi connectivity index (χ1) is 23.0. The number of anilines is 2. The molecule has 0 spiro atoms. The number of amides is 2. The van der Waals surface area contributed by atoms with E-state index in [1.54, 1.807) is 27.6 Å². The molecule has 0 saturated carbocycles. The summed E-state index contributed by atoms with van der Waals surface area (Å²) in [6.45, 7) is 5.19. The van der Waals surface area contributed by atoms with Crippen LogP contribution in [0.1, 0.15) is 58.0 Å². The zero-order chi connectivity index (χ0) is 34.0. The van der Waals surface area contributed by atoms with Gasteiger partial charge < -0.3 is 19.9 Å². The first-order valence-corrected chi connectivity index (χ1v) is 17.8. The minimum atomic E-state index is -3.60. The Morgan fingerprint density at radius 1 is 1.08 bits per heavy atom. The third-order valence-electron chi connectivity index (χ3n) is 8.73. The van der Waals surface area contributed by atoms with Gasteiger partial charge >= 0.3 is 6.09 Å². The van der Waals surface area contributed by atoms with Crippen LogP contribution >= 0.6 is 0 Å². The number of fused-ring (bicyclic) bond motifs is 1. The smallest absolute Gasteiger partial charge is 0.407 e. The summed E-state index contributed by atoms with van der Waals surface area (Å²) in [7, 11) is -3.60. The summed E-state index contributed by atoms with van der Waals surface area (Å²) in [5.41, 5.74) is 4.37. The standard InChI is InChI=1S/C34H38N8O5S/c1-22-12-13-27(39-48(3,45)46)26(15-22)33(43)41-14-8-7-11-30(41)28-16-31-37-32(23(2)18-42(31)38-28)40-19-25(17-35)29(20-40)36-34(44)47-21-24-9-5-4-6-10-24/h4-6,9-10,12-13,15-16,18,25,29-30,39H,7-8,11,14,19-21H2,1-3H3,(H,36,44)/t25?,29?,30-/m0/s1.